The van der Waals surface area contributed by atoms with E-state index in [1.807, 2.05) is 38.1 Å². The molecule has 182 valence electrons. The van der Waals surface area contributed by atoms with Crippen molar-refractivity contribution in [3.05, 3.63) is 53.6 Å². The van der Waals surface area contributed by atoms with Crippen LogP contribution in [0.3, 0.4) is 0 Å². The second-order valence-electron chi connectivity index (χ2n) is 8.90. The number of rotatable bonds is 11. The molecule has 1 saturated heterocycles. The number of carbonyl (C=O) groups is 1. The maximum atomic E-state index is 11.6. The third-order valence-electron chi connectivity index (χ3n) is 6.12. The van der Waals surface area contributed by atoms with Gasteiger partial charge in [0.2, 0.25) is 0 Å². The van der Waals surface area contributed by atoms with E-state index in [-0.39, 0.29) is 18.4 Å². The summed E-state index contributed by atoms with van der Waals surface area (Å²) in [4.78, 5) is 14.0. The number of carboxylic acid groups (broad SMARTS) is 1. The molecule has 7 heteroatoms. The summed E-state index contributed by atoms with van der Waals surface area (Å²) in [7, 11) is 0. The third-order valence-corrected chi connectivity index (χ3v) is 6.12. The number of nitriles is 1. The molecule has 2 aromatic rings. The molecule has 0 aliphatic carbocycles. The second kappa shape index (κ2) is 12.4. The van der Waals surface area contributed by atoms with Crippen LogP contribution in [0.15, 0.2) is 42.5 Å². The number of aliphatic carboxylic acids is 1. The van der Waals surface area contributed by atoms with Gasteiger partial charge < -0.3 is 24.8 Å². The van der Waals surface area contributed by atoms with Gasteiger partial charge in [-0.15, -0.1) is 0 Å². The van der Waals surface area contributed by atoms with Crippen LogP contribution in [0, 0.1) is 11.3 Å². The smallest absolute Gasteiger partial charge is 0.304 e. The summed E-state index contributed by atoms with van der Waals surface area (Å²) in [5.74, 6) is -1.10. The van der Waals surface area contributed by atoms with Gasteiger partial charge >= 0.3 is 5.97 Å². The van der Waals surface area contributed by atoms with Crippen molar-refractivity contribution in [3.8, 4) is 6.07 Å². The molecular formula is C27H35N3O4. The van der Waals surface area contributed by atoms with Crippen LogP contribution in [-0.2, 0) is 14.3 Å². The van der Waals surface area contributed by atoms with Crippen LogP contribution in [-0.4, -0.2) is 49.6 Å². The molecule has 0 bridgehead atoms. The van der Waals surface area contributed by atoms with Gasteiger partial charge in [0, 0.05) is 37.4 Å². The standard InChI is InChI=1S/C27H35N3O4/c1-4-30(24-11-13-33-14-12-24)26-10-7-21(22(16-27(31)32)18-34-19(2)3)15-25(26)29-23-8-5-20(17-28)6-9-23/h5-10,15,19,22,24,29H,4,11-14,16,18H2,1-3H3,(H,31,32)/t22-/m1/s1. The number of nitrogens with one attached hydrogen (secondary N) is 1. The van der Waals surface area contributed by atoms with Crippen LogP contribution in [0.2, 0.25) is 0 Å². The van der Waals surface area contributed by atoms with Gasteiger partial charge in [-0.25, -0.2) is 0 Å². The summed E-state index contributed by atoms with van der Waals surface area (Å²) in [6.45, 7) is 8.75. The third kappa shape index (κ3) is 6.96. The molecule has 7 nitrogen and oxygen atoms in total. The molecule has 1 atom stereocenters. The average molecular weight is 466 g/mol. The van der Waals surface area contributed by atoms with Gasteiger partial charge in [-0.1, -0.05) is 6.07 Å². The van der Waals surface area contributed by atoms with Gasteiger partial charge in [-0.2, -0.15) is 5.26 Å². The van der Waals surface area contributed by atoms with E-state index in [2.05, 4.69) is 29.3 Å². The number of anilines is 3. The first-order valence-electron chi connectivity index (χ1n) is 12.0. The Kier molecular flexibility index (Phi) is 9.32. The Morgan fingerprint density at radius 1 is 1.24 bits per heavy atom. The van der Waals surface area contributed by atoms with E-state index in [0.29, 0.717) is 18.2 Å². The molecule has 0 unspecified atom stereocenters. The Hall–Kier alpha value is -3.08. The van der Waals surface area contributed by atoms with E-state index in [4.69, 9.17) is 14.7 Å². The fourth-order valence-electron chi connectivity index (χ4n) is 4.36. The van der Waals surface area contributed by atoms with E-state index >= 15 is 0 Å². The molecule has 0 radical (unpaired) electrons. The van der Waals surface area contributed by atoms with Crippen molar-refractivity contribution in [3.63, 3.8) is 0 Å². The van der Waals surface area contributed by atoms with Crippen LogP contribution >= 0.6 is 0 Å². The van der Waals surface area contributed by atoms with Crippen molar-refractivity contribution in [1.82, 2.24) is 0 Å². The quantitative estimate of drug-likeness (QED) is 0.465. The predicted octanol–water partition coefficient (Wildman–Crippen LogP) is 5.29. The van der Waals surface area contributed by atoms with Crippen molar-refractivity contribution in [2.24, 2.45) is 0 Å². The molecule has 0 saturated carbocycles. The Bertz CT molecular complexity index is 978. The molecular weight excluding hydrogens is 430 g/mol. The normalized spacial score (nSPS) is 15.0. The summed E-state index contributed by atoms with van der Waals surface area (Å²) in [6, 6.07) is 16.0. The van der Waals surface area contributed by atoms with Gasteiger partial charge in [0.05, 0.1) is 42.1 Å². The Morgan fingerprint density at radius 3 is 2.53 bits per heavy atom. The number of hydrogen-bond donors (Lipinski definition) is 2. The first-order chi connectivity index (χ1) is 16.4. The van der Waals surface area contributed by atoms with Crippen LogP contribution in [0.1, 0.15) is 57.1 Å². The van der Waals surface area contributed by atoms with Crippen molar-refractivity contribution in [2.45, 2.75) is 58.1 Å². The Balaban J connectivity index is 1.99. The summed E-state index contributed by atoms with van der Waals surface area (Å²) < 4.78 is 11.4. The molecule has 34 heavy (non-hydrogen) atoms. The van der Waals surface area contributed by atoms with Gasteiger partial charge in [0.1, 0.15) is 0 Å². The Morgan fingerprint density at radius 2 is 1.94 bits per heavy atom. The fourth-order valence-corrected chi connectivity index (χ4v) is 4.36. The van der Waals surface area contributed by atoms with E-state index in [0.717, 1.165) is 55.2 Å². The van der Waals surface area contributed by atoms with Crippen LogP contribution in [0.25, 0.3) is 0 Å². The highest BCUT2D eigenvalue weighted by atomic mass is 16.5. The lowest BCUT2D eigenvalue weighted by molar-refractivity contribution is -0.138. The molecule has 3 rings (SSSR count). The average Bonchev–Trinajstić information content (AvgIpc) is 2.84. The lowest BCUT2D eigenvalue weighted by atomic mass is 9.94. The minimum atomic E-state index is -0.847. The number of hydrogen-bond acceptors (Lipinski definition) is 6. The fraction of sp³-hybridized carbons (Fsp3) is 0.481. The first kappa shape index (κ1) is 25.5. The van der Waals surface area contributed by atoms with E-state index in [1.54, 1.807) is 12.1 Å². The molecule has 0 amide bonds. The summed E-state index contributed by atoms with van der Waals surface area (Å²) in [5, 5.41) is 22.1. The monoisotopic (exact) mass is 465 g/mol. The minimum absolute atomic E-state index is 0.000170. The molecule has 1 fully saturated rings. The zero-order chi connectivity index (χ0) is 24.5. The number of nitrogens with zero attached hydrogens (tertiary/aromatic N) is 2. The molecule has 2 N–H and O–H groups in total. The van der Waals surface area contributed by atoms with Crippen molar-refractivity contribution < 1.29 is 19.4 Å². The maximum Gasteiger partial charge on any atom is 0.304 e. The highest BCUT2D eigenvalue weighted by Gasteiger charge is 2.24. The van der Waals surface area contributed by atoms with Crippen molar-refractivity contribution in [2.75, 3.05) is 36.6 Å². The highest BCUT2D eigenvalue weighted by molar-refractivity contribution is 5.77. The number of carboxylic acids is 1. The van der Waals surface area contributed by atoms with Crippen molar-refractivity contribution in [1.29, 1.82) is 5.26 Å². The predicted molar refractivity (Wildman–Crippen MR) is 134 cm³/mol. The number of benzene rings is 2. The van der Waals surface area contributed by atoms with Gasteiger partial charge in [0.15, 0.2) is 0 Å². The van der Waals surface area contributed by atoms with Crippen LogP contribution in [0.5, 0.6) is 0 Å². The summed E-state index contributed by atoms with van der Waals surface area (Å²) in [6.07, 6.45) is 1.96. The minimum Gasteiger partial charge on any atom is -0.481 e. The summed E-state index contributed by atoms with van der Waals surface area (Å²) >= 11 is 0. The van der Waals surface area contributed by atoms with E-state index in [1.165, 1.54) is 0 Å². The topological polar surface area (TPSA) is 94.8 Å². The van der Waals surface area contributed by atoms with Crippen LogP contribution < -0.4 is 10.2 Å². The zero-order valence-electron chi connectivity index (χ0n) is 20.3. The van der Waals surface area contributed by atoms with Gasteiger partial charge in [0.25, 0.3) is 0 Å². The number of ether oxygens (including phenoxy) is 2. The highest BCUT2D eigenvalue weighted by Crippen LogP contribution is 2.36. The van der Waals surface area contributed by atoms with E-state index < -0.39 is 5.97 Å². The summed E-state index contributed by atoms with van der Waals surface area (Å²) in [5.41, 5.74) is 4.38. The lowest BCUT2D eigenvalue weighted by Gasteiger charge is -2.37. The second-order valence-corrected chi connectivity index (χ2v) is 8.90. The lowest BCUT2D eigenvalue weighted by Crippen LogP contribution is -2.39. The largest absolute Gasteiger partial charge is 0.481 e. The Labute approximate surface area is 202 Å². The molecule has 0 spiro atoms. The molecule has 2 aromatic carbocycles. The molecule has 0 aromatic heterocycles. The molecule has 1 aliphatic heterocycles. The van der Waals surface area contributed by atoms with Gasteiger partial charge in [-0.05, 0) is 75.6 Å². The van der Waals surface area contributed by atoms with Crippen LogP contribution in [0.4, 0.5) is 17.1 Å². The van der Waals surface area contributed by atoms with Gasteiger partial charge in [-0.3, -0.25) is 4.79 Å². The first-order valence-corrected chi connectivity index (χ1v) is 12.0. The maximum absolute atomic E-state index is 11.6. The molecule has 1 aliphatic rings. The van der Waals surface area contributed by atoms with E-state index in [9.17, 15) is 9.90 Å². The SMILES string of the molecule is CCN(c1ccc([C@@H](COC(C)C)CC(=O)O)cc1Nc1ccc(C#N)cc1)C1CCOCC1. The zero-order valence-corrected chi connectivity index (χ0v) is 20.3. The van der Waals surface area contributed by atoms with Crippen molar-refractivity contribution >= 4 is 23.0 Å². The molecule has 1 heterocycles.